The van der Waals surface area contributed by atoms with Crippen LogP contribution < -0.4 is 10.6 Å². The molecule has 0 bridgehead atoms. The van der Waals surface area contributed by atoms with E-state index in [1.165, 1.54) is 0 Å². The summed E-state index contributed by atoms with van der Waals surface area (Å²) in [6.07, 6.45) is 17.1. The smallest absolute Gasteiger partial charge is 0.322 e. The van der Waals surface area contributed by atoms with Crippen molar-refractivity contribution in [3.63, 3.8) is 0 Å². The van der Waals surface area contributed by atoms with E-state index in [0.29, 0.717) is 13.0 Å². The number of carbonyl (C=O) groups excluding carboxylic acids is 2. The maximum atomic E-state index is 10.9. The molecule has 0 aromatic carbocycles. The van der Waals surface area contributed by atoms with Crippen LogP contribution in [0.1, 0.15) is 27.2 Å². The minimum atomic E-state index is -0.683. The zero-order chi connectivity index (χ0) is 21.4. The third-order valence-corrected chi connectivity index (χ3v) is 3.87. The highest BCUT2D eigenvalue weighted by Crippen LogP contribution is 2.12. The summed E-state index contributed by atoms with van der Waals surface area (Å²) >= 11 is 0. The number of carbonyl (C=O) groups is 2. The number of ether oxygens (including phenoxy) is 1. The lowest BCUT2D eigenvalue weighted by atomic mass is 10.0. The van der Waals surface area contributed by atoms with E-state index >= 15 is 0 Å². The van der Waals surface area contributed by atoms with Crippen molar-refractivity contribution in [3.05, 3.63) is 73.4 Å². The van der Waals surface area contributed by atoms with Crippen LogP contribution in [0.4, 0.5) is 4.79 Å². The second kappa shape index (κ2) is 14.4. The van der Waals surface area contributed by atoms with Gasteiger partial charge in [-0.3, -0.25) is 10.1 Å². The van der Waals surface area contributed by atoms with Gasteiger partial charge in [-0.2, -0.15) is 0 Å². The second-order valence-corrected chi connectivity index (χ2v) is 6.18. The molecule has 2 unspecified atom stereocenters. The van der Waals surface area contributed by atoms with Gasteiger partial charge in [0.2, 0.25) is 0 Å². The van der Waals surface area contributed by atoms with Crippen LogP contribution >= 0.6 is 0 Å². The summed E-state index contributed by atoms with van der Waals surface area (Å²) in [4.78, 5) is 21.5. The molecule has 0 radical (unpaired) electrons. The Balaban J connectivity index is 0.000000609. The van der Waals surface area contributed by atoms with Gasteiger partial charge in [-0.1, -0.05) is 74.8 Å². The average molecular weight is 389 g/mol. The summed E-state index contributed by atoms with van der Waals surface area (Å²) in [5.41, 5.74) is 0.127. The SMILES string of the molecule is C=C/C=C\C=C/COC(C)/C=C\C(=C/C=C)CO.CCC1(C)NC(=O)NC1=O. The molecule has 0 aliphatic carbocycles. The molecule has 3 N–H and O–H groups in total. The number of rotatable bonds is 10. The standard InChI is InChI=1S/C16H22O2.C6H10N2O2/c1-4-6-7-8-9-13-18-15(3)11-12-16(14-17)10-5-2;1-3-6(2)4(9)7-5(10)8-6/h4-12,15,17H,1-2,13-14H2,3H3;3H2,1-2H3,(H2,7,8,9,10)/b7-6-,9-8-,12-11-,16-10+;. The molecule has 1 aliphatic heterocycles. The summed E-state index contributed by atoms with van der Waals surface area (Å²) in [7, 11) is 0. The van der Waals surface area contributed by atoms with E-state index in [1.54, 1.807) is 25.2 Å². The fourth-order valence-electron chi connectivity index (χ4n) is 1.94. The minimum Gasteiger partial charge on any atom is -0.392 e. The normalized spacial score (nSPS) is 20.8. The Morgan fingerprint density at radius 3 is 2.43 bits per heavy atom. The van der Waals surface area contributed by atoms with Crippen molar-refractivity contribution >= 4 is 11.9 Å². The predicted octanol–water partition coefficient (Wildman–Crippen LogP) is 3.35. The first kappa shape index (κ1) is 25.3. The van der Waals surface area contributed by atoms with Gasteiger partial charge in [0.05, 0.1) is 19.3 Å². The zero-order valence-electron chi connectivity index (χ0n) is 17.0. The number of amides is 3. The van der Waals surface area contributed by atoms with E-state index in [4.69, 9.17) is 9.84 Å². The van der Waals surface area contributed by atoms with Gasteiger partial charge in [-0.25, -0.2) is 4.79 Å². The van der Waals surface area contributed by atoms with E-state index in [0.717, 1.165) is 5.57 Å². The van der Waals surface area contributed by atoms with Gasteiger partial charge in [-0.05, 0) is 25.8 Å². The second-order valence-electron chi connectivity index (χ2n) is 6.18. The first-order valence-electron chi connectivity index (χ1n) is 9.13. The van der Waals surface area contributed by atoms with E-state index < -0.39 is 11.6 Å². The van der Waals surface area contributed by atoms with Crippen LogP contribution in [0.15, 0.2) is 73.4 Å². The van der Waals surface area contributed by atoms with E-state index in [9.17, 15) is 9.59 Å². The molecule has 28 heavy (non-hydrogen) atoms. The molecular weight excluding hydrogens is 356 g/mol. The molecule has 0 spiro atoms. The number of hydrogen-bond donors (Lipinski definition) is 3. The first-order chi connectivity index (χ1) is 13.3. The summed E-state index contributed by atoms with van der Waals surface area (Å²) in [6.45, 7) is 13.2. The summed E-state index contributed by atoms with van der Waals surface area (Å²) < 4.78 is 5.53. The molecule has 1 heterocycles. The van der Waals surface area contributed by atoms with E-state index in [2.05, 4.69) is 23.8 Å². The number of aliphatic hydroxyl groups excluding tert-OH is 1. The molecule has 0 saturated carbocycles. The van der Waals surface area contributed by atoms with Gasteiger partial charge < -0.3 is 15.2 Å². The summed E-state index contributed by atoms with van der Waals surface area (Å²) in [6, 6.07) is -0.394. The highest BCUT2D eigenvalue weighted by Gasteiger charge is 2.39. The number of allylic oxidation sites excluding steroid dienone is 6. The van der Waals surface area contributed by atoms with Gasteiger partial charge in [0.1, 0.15) is 5.54 Å². The van der Waals surface area contributed by atoms with Gasteiger partial charge in [0.15, 0.2) is 0 Å². The molecule has 1 rings (SSSR count). The first-order valence-corrected chi connectivity index (χ1v) is 9.13. The number of aliphatic hydroxyl groups is 1. The number of urea groups is 1. The molecule has 0 aromatic heterocycles. The Labute approximate surface area is 168 Å². The molecular formula is C22H32N2O4. The Bertz CT molecular complexity index is 647. The van der Waals surface area contributed by atoms with Crippen molar-refractivity contribution in [1.82, 2.24) is 10.6 Å². The third-order valence-electron chi connectivity index (χ3n) is 3.87. The summed E-state index contributed by atoms with van der Waals surface area (Å²) in [5, 5.41) is 13.7. The number of nitrogens with one attached hydrogen (secondary N) is 2. The van der Waals surface area contributed by atoms with Crippen molar-refractivity contribution in [1.29, 1.82) is 0 Å². The lowest BCUT2D eigenvalue weighted by Gasteiger charge is -2.16. The fourth-order valence-corrected chi connectivity index (χ4v) is 1.94. The Morgan fingerprint density at radius 2 is 1.96 bits per heavy atom. The van der Waals surface area contributed by atoms with Crippen LogP contribution in [-0.4, -0.2) is 41.9 Å². The highest BCUT2D eigenvalue weighted by molar-refractivity contribution is 6.06. The monoisotopic (exact) mass is 388 g/mol. The van der Waals surface area contributed by atoms with Crippen molar-refractivity contribution in [2.24, 2.45) is 0 Å². The van der Waals surface area contributed by atoms with Crippen LogP contribution in [0.2, 0.25) is 0 Å². The van der Waals surface area contributed by atoms with Crippen molar-refractivity contribution in [3.8, 4) is 0 Å². The Morgan fingerprint density at radius 1 is 1.25 bits per heavy atom. The van der Waals surface area contributed by atoms with Crippen LogP contribution in [0.3, 0.4) is 0 Å². The quantitative estimate of drug-likeness (QED) is 0.396. The molecule has 2 atom stereocenters. The molecule has 1 saturated heterocycles. The number of hydrogen-bond acceptors (Lipinski definition) is 4. The minimum absolute atomic E-state index is 0.00148. The average Bonchev–Trinajstić information content (AvgIpc) is 2.94. The molecule has 6 nitrogen and oxygen atoms in total. The number of imide groups is 1. The van der Waals surface area contributed by atoms with Crippen molar-refractivity contribution in [2.75, 3.05) is 13.2 Å². The van der Waals surface area contributed by atoms with Crippen LogP contribution in [0.5, 0.6) is 0 Å². The van der Waals surface area contributed by atoms with Crippen molar-refractivity contribution < 1.29 is 19.4 Å². The molecule has 1 aliphatic rings. The molecule has 154 valence electrons. The lowest BCUT2D eigenvalue weighted by Crippen LogP contribution is -2.42. The Kier molecular flexibility index (Phi) is 13.0. The highest BCUT2D eigenvalue weighted by atomic mass is 16.5. The van der Waals surface area contributed by atoms with Crippen LogP contribution in [0, 0.1) is 0 Å². The van der Waals surface area contributed by atoms with Crippen LogP contribution in [-0.2, 0) is 9.53 Å². The molecule has 6 heteroatoms. The van der Waals surface area contributed by atoms with Gasteiger partial charge >= 0.3 is 6.03 Å². The topological polar surface area (TPSA) is 87.7 Å². The molecule has 0 aromatic rings. The van der Waals surface area contributed by atoms with Crippen LogP contribution in [0.25, 0.3) is 0 Å². The van der Waals surface area contributed by atoms with E-state index in [1.807, 2.05) is 50.3 Å². The van der Waals surface area contributed by atoms with E-state index in [-0.39, 0.29) is 18.6 Å². The fraction of sp³-hybridized carbons (Fsp3) is 0.364. The predicted molar refractivity (Wildman–Crippen MR) is 114 cm³/mol. The largest absolute Gasteiger partial charge is 0.392 e. The molecule has 1 fully saturated rings. The zero-order valence-corrected chi connectivity index (χ0v) is 17.0. The molecule has 3 amide bonds. The maximum Gasteiger partial charge on any atom is 0.322 e. The van der Waals surface area contributed by atoms with Crippen molar-refractivity contribution in [2.45, 2.75) is 38.8 Å². The maximum absolute atomic E-state index is 10.9. The lowest BCUT2D eigenvalue weighted by molar-refractivity contribution is -0.123. The third kappa shape index (κ3) is 10.4. The van der Waals surface area contributed by atoms with Gasteiger partial charge in [0, 0.05) is 0 Å². The Hall–Kier alpha value is -2.70. The van der Waals surface area contributed by atoms with Gasteiger partial charge in [0.25, 0.3) is 5.91 Å². The summed E-state index contributed by atoms with van der Waals surface area (Å²) in [5.74, 6) is -0.236. The van der Waals surface area contributed by atoms with Gasteiger partial charge in [-0.15, -0.1) is 0 Å².